The molecule has 0 atom stereocenters. The van der Waals surface area contributed by atoms with E-state index in [1.54, 1.807) is 12.1 Å². The Morgan fingerprint density at radius 2 is 2.21 bits per heavy atom. The van der Waals surface area contributed by atoms with Crippen LogP contribution in [0.1, 0.15) is 11.1 Å². The Morgan fingerprint density at radius 3 is 2.71 bits per heavy atom. The third-order valence-corrected chi connectivity index (χ3v) is 2.34. The quantitative estimate of drug-likeness (QED) is 0.638. The highest BCUT2D eigenvalue weighted by Gasteiger charge is 2.11. The Hall–Kier alpha value is -0.908. The summed E-state index contributed by atoms with van der Waals surface area (Å²) in [5.74, 6) is 0. The molecule has 5 heteroatoms. The largest absolute Gasteiger partial charge is 0.544 e. The van der Waals surface area contributed by atoms with Gasteiger partial charge in [0, 0.05) is 0 Å². The monoisotopic (exact) mass is 207 g/mol. The lowest BCUT2D eigenvalue weighted by atomic mass is 9.79. The number of rotatable bonds is 4. The summed E-state index contributed by atoms with van der Waals surface area (Å²) in [6, 6.07) is 5.27. The zero-order valence-electron chi connectivity index (χ0n) is 8.03. The molecule has 1 aromatic carbocycles. The molecule has 0 bridgehead atoms. The lowest BCUT2D eigenvalue weighted by Crippen LogP contribution is -2.30. The van der Waals surface area contributed by atoms with Gasteiger partial charge in [-0.05, 0) is 23.5 Å². The predicted molar refractivity (Wildman–Crippen MR) is 58.7 cm³/mol. The summed E-state index contributed by atoms with van der Waals surface area (Å²) in [7, 11) is -1.18. The van der Waals surface area contributed by atoms with Crippen molar-refractivity contribution < 1.29 is 14.5 Å². The molecule has 0 unspecified atom stereocenters. The van der Waals surface area contributed by atoms with Gasteiger partial charge in [0.05, 0.1) is 6.61 Å². The van der Waals surface area contributed by atoms with Crippen LogP contribution in [0, 0.1) is 6.92 Å². The summed E-state index contributed by atoms with van der Waals surface area (Å²) in [5, 5.41) is 17.9. The SMILES string of the molecule is C=[Si]OCc1ccc(B(O)O)cc1C. The highest BCUT2D eigenvalue weighted by molar-refractivity contribution is 6.58. The molecule has 73 valence electrons. The van der Waals surface area contributed by atoms with E-state index in [9.17, 15) is 0 Å². The highest BCUT2D eigenvalue weighted by Crippen LogP contribution is 2.06. The van der Waals surface area contributed by atoms with Crippen LogP contribution in [0.2, 0.25) is 0 Å². The molecule has 2 N–H and O–H groups in total. The average molecular weight is 207 g/mol. The summed E-state index contributed by atoms with van der Waals surface area (Å²) in [6.45, 7) is 2.44. The first-order chi connectivity index (χ1) is 6.65. The zero-order chi connectivity index (χ0) is 10.6. The summed E-state index contributed by atoms with van der Waals surface area (Å²) < 4.78 is 5.19. The second kappa shape index (κ2) is 5.09. The van der Waals surface area contributed by atoms with Gasteiger partial charge in [-0.15, -0.1) is 0 Å². The van der Waals surface area contributed by atoms with Crippen LogP contribution in [-0.2, 0) is 11.0 Å². The van der Waals surface area contributed by atoms with E-state index in [0.29, 0.717) is 12.1 Å². The molecule has 0 fully saturated rings. The Morgan fingerprint density at radius 1 is 1.50 bits per heavy atom. The van der Waals surface area contributed by atoms with Crippen LogP contribution in [0.25, 0.3) is 0 Å². The lowest BCUT2D eigenvalue weighted by molar-refractivity contribution is 0.335. The Labute approximate surface area is 86.1 Å². The van der Waals surface area contributed by atoms with E-state index >= 15 is 0 Å². The minimum absolute atomic E-state index is 0.223. The molecule has 1 radical (unpaired) electrons. The average Bonchev–Trinajstić information content (AvgIpc) is 2.15. The fraction of sp³-hybridized carbons (Fsp3) is 0.222. The van der Waals surface area contributed by atoms with Crippen molar-refractivity contribution in [2.45, 2.75) is 13.5 Å². The van der Waals surface area contributed by atoms with E-state index in [0.717, 1.165) is 11.1 Å². The van der Waals surface area contributed by atoms with Crippen molar-refractivity contribution in [2.75, 3.05) is 0 Å². The van der Waals surface area contributed by atoms with Gasteiger partial charge in [-0.25, -0.2) is 0 Å². The van der Waals surface area contributed by atoms with Crippen LogP contribution in [-0.4, -0.2) is 32.7 Å². The number of benzene rings is 1. The molecule has 1 aromatic rings. The maximum Gasteiger partial charge on any atom is 0.488 e. The van der Waals surface area contributed by atoms with Gasteiger partial charge in [-0.3, -0.25) is 0 Å². The number of hydrogen-bond acceptors (Lipinski definition) is 3. The van der Waals surface area contributed by atoms with E-state index in [2.05, 4.69) is 6.17 Å². The fourth-order valence-corrected chi connectivity index (χ4v) is 1.43. The smallest absolute Gasteiger partial charge is 0.488 e. The molecule has 0 saturated carbocycles. The van der Waals surface area contributed by atoms with Gasteiger partial charge in [-0.1, -0.05) is 24.4 Å². The molecule has 3 nitrogen and oxygen atoms in total. The molecule has 0 heterocycles. The number of hydrogen-bond donors (Lipinski definition) is 2. The van der Waals surface area contributed by atoms with E-state index in [1.165, 1.54) is 0 Å². The minimum atomic E-state index is -1.40. The van der Waals surface area contributed by atoms with Crippen molar-refractivity contribution in [3.05, 3.63) is 29.3 Å². The van der Waals surface area contributed by atoms with Crippen LogP contribution < -0.4 is 5.46 Å². The van der Waals surface area contributed by atoms with Gasteiger partial charge in [0.1, 0.15) is 0 Å². The summed E-state index contributed by atoms with van der Waals surface area (Å²) in [6.07, 6.45) is 3.60. The summed E-state index contributed by atoms with van der Waals surface area (Å²) >= 11 is 0. The van der Waals surface area contributed by atoms with E-state index in [4.69, 9.17) is 14.5 Å². The second-order valence-electron chi connectivity index (χ2n) is 2.99. The molecule has 0 aliphatic rings. The Bertz CT molecular complexity index is 328. The number of aryl methyl sites for hydroxylation is 1. The van der Waals surface area contributed by atoms with Crippen molar-refractivity contribution in [3.63, 3.8) is 0 Å². The van der Waals surface area contributed by atoms with Crippen LogP contribution in [0.4, 0.5) is 0 Å². The van der Waals surface area contributed by atoms with E-state index < -0.39 is 7.12 Å². The standard InChI is InChI=1S/C9H12BO3Si/c1-7-5-9(10(11)12)4-3-8(7)6-13-14-2/h3-5,11-12H,2,6H2,1H3. The molecule has 0 amide bonds. The molecule has 0 aliphatic heterocycles. The molecule has 14 heavy (non-hydrogen) atoms. The van der Waals surface area contributed by atoms with Gasteiger partial charge in [-0.2, -0.15) is 0 Å². The molecule has 0 saturated heterocycles. The molecular weight excluding hydrogens is 195 g/mol. The van der Waals surface area contributed by atoms with Crippen molar-refractivity contribution >= 4 is 28.1 Å². The van der Waals surface area contributed by atoms with Crippen LogP contribution in [0.3, 0.4) is 0 Å². The maximum absolute atomic E-state index is 8.93. The first-order valence-corrected chi connectivity index (χ1v) is 5.36. The van der Waals surface area contributed by atoms with Gasteiger partial charge >= 0.3 is 7.12 Å². The van der Waals surface area contributed by atoms with Crippen molar-refractivity contribution in [3.8, 4) is 0 Å². The molecular formula is C9H12BO3Si. The third-order valence-electron chi connectivity index (χ3n) is 1.99. The summed E-state index contributed by atoms with van der Waals surface area (Å²) in [4.78, 5) is 0. The fourth-order valence-electron chi connectivity index (χ4n) is 1.17. The predicted octanol–water partition coefficient (Wildman–Crippen LogP) is -0.757. The molecule has 1 rings (SSSR count). The first-order valence-electron chi connectivity index (χ1n) is 4.24. The van der Waals surface area contributed by atoms with Crippen molar-refractivity contribution in [1.29, 1.82) is 0 Å². The zero-order valence-corrected chi connectivity index (χ0v) is 9.03. The van der Waals surface area contributed by atoms with Gasteiger partial charge in [0.15, 0.2) is 0 Å². The van der Waals surface area contributed by atoms with E-state index in [-0.39, 0.29) is 9.38 Å². The molecule has 0 aliphatic carbocycles. The lowest BCUT2D eigenvalue weighted by Gasteiger charge is -2.07. The van der Waals surface area contributed by atoms with E-state index in [1.807, 2.05) is 13.0 Å². The minimum Gasteiger partial charge on any atom is -0.544 e. The first kappa shape index (κ1) is 11.2. The molecule has 0 aromatic heterocycles. The van der Waals surface area contributed by atoms with Crippen LogP contribution in [0.5, 0.6) is 0 Å². The van der Waals surface area contributed by atoms with Crippen molar-refractivity contribution in [2.24, 2.45) is 0 Å². The van der Waals surface area contributed by atoms with Gasteiger partial charge in [0.2, 0.25) is 0 Å². The molecule has 0 spiro atoms. The van der Waals surface area contributed by atoms with Gasteiger partial charge in [0.25, 0.3) is 9.38 Å². The van der Waals surface area contributed by atoms with Crippen LogP contribution in [0.15, 0.2) is 18.2 Å². The summed E-state index contributed by atoms with van der Waals surface area (Å²) in [5.41, 5.74) is 2.54. The van der Waals surface area contributed by atoms with Crippen molar-refractivity contribution in [1.82, 2.24) is 0 Å². The van der Waals surface area contributed by atoms with Gasteiger partial charge < -0.3 is 14.5 Å². The third kappa shape index (κ3) is 2.80. The maximum atomic E-state index is 8.93. The Balaban J connectivity index is 2.84. The Kier molecular flexibility index (Phi) is 4.06. The van der Waals surface area contributed by atoms with Crippen LogP contribution >= 0.6 is 0 Å². The highest BCUT2D eigenvalue weighted by atomic mass is 28.2. The normalized spacial score (nSPS) is 9.64. The second-order valence-corrected chi connectivity index (χ2v) is 3.57. The topological polar surface area (TPSA) is 49.7 Å².